The van der Waals surface area contributed by atoms with Crippen LogP contribution in [0.1, 0.15) is 34.3 Å². The predicted octanol–water partition coefficient (Wildman–Crippen LogP) is 2.78. The molecule has 2 aliphatic rings. The number of nitrogens with zero attached hydrogens (tertiary/aromatic N) is 3. The zero-order chi connectivity index (χ0) is 21.3. The molecule has 0 unspecified atom stereocenters. The number of carbonyl (C=O) groups is 1. The van der Waals surface area contributed by atoms with Crippen molar-refractivity contribution >= 4 is 21.6 Å². The van der Waals surface area contributed by atoms with E-state index in [1.165, 1.54) is 16.3 Å². The maximum absolute atomic E-state index is 13.2. The summed E-state index contributed by atoms with van der Waals surface area (Å²) in [6.45, 7) is 1.43. The number of sulfonamides is 1. The third kappa shape index (κ3) is 4.09. The molecule has 0 saturated carbocycles. The molecular weight excluding hydrogens is 398 g/mol. The van der Waals surface area contributed by atoms with Crippen molar-refractivity contribution in [3.63, 3.8) is 0 Å². The Morgan fingerprint density at radius 1 is 0.900 bits per heavy atom. The summed E-state index contributed by atoms with van der Waals surface area (Å²) in [5, 5.41) is 0. The lowest BCUT2D eigenvalue weighted by Crippen LogP contribution is -2.50. The second-order valence-electron chi connectivity index (χ2n) is 8.28. The summed E-state index contributed by atoms with van der Waals surface area (Å²) in [6, 6.07) is 13.1. The van der Waals surface area contributed by atoms with Gasteiger partial charge in [-0.1, -0.05) is 12.1 Å². The Morgan fingerprint density at radius 2 is 1.60 bits per heavy atom. The van der Waals surface area contributed by atoms with Crippen molar-refractivity contribution in [2.75, 3.05) is 45.2 Å². The van der Waals surface area contributed by atoms with Crippen LogP contribution < -0.4 is 4.90 Å². The monoisotopic (exact) mass is 427 g/mol. The van der Waals surface area contributed by atoms with Gasteiger partial charge in [-0.3, -0.25) is 4.79 Å². The molecule has 2 aromatic rings. The first-order chi connectivity index (χ1) is 14.4. The summed E-state index contributed by atoms with van der Waals surface area (Å²) in [4.78, 5) is 17.0. The van der Waals surface area contributed by atoms with E-state index in [0.29, 0.717) is 36.6 Å². The number of amides is 1. The van der Waals surface area contributed by atoms with Gasteiger partial charge in [0.1, 0.15) is 0 Å². The van der Waals surface area contributed by atoms with Gasteiger partial charge in [-0.05, 0) is 67.1 Å². The van der Waals surface area contributed by atoms with Crippen LogP contribution in [0.2, 0.25) is 0 Å². The van der Waals surface area contributed by atoms with Gasteiger partial charge in [0, 0.05) is 51.5 Å². The summed E-state index contributed by atoms with van der Waals surface area (Å²) in [6.07, 6.45) is 4.28. The lowest BCUT2D eigenvalue weighted by atomic mass is 9.92. The van der Waals surface area contributed by atoms with E-state index in [1.54, 1.807) is 11.0 Å². The Bertz CT molecular complexity index is 1040. The topological polar surface area (TPSA) is 60.9 Å². The number of fused-ring (bicyclic) bond motifs is 1. The van der Waals surface area contributed by atoms with E-state index in [9.17, 15) is 13.2 Å². The third-order valence-electron chi connectivity index (χ3n) is 6.09. The molecule has 0 N–H and O–H groups in total. The van der Waals surface area contributed by atoms with Crippen molar-refractivity contribution in [2.45, 2.75) is 30.6 Å². The Kier molecular flexibility index (Phi) is 5.84. The maximum atomic E-state index is 13.2. The van der Waals surface area contributed by atoms with Crippen LogP contribution in [0.3, 0.4) is 0 Å². The standard InChI is InChI=1S/C23H29N3O3S/c1-24(2)21-9-5-8-20(16-21)23(27)25-12-14-26(15-13-25)30(28,29)22-11-10-18-6-3-4-7-19(18)17-22/h5,8-11,16-17H,3-4,6-7,12-15H2,1-2H3. The van der Waals surface area contributed by atoms with Gasteiger partial charge in [0.2, 0.25) is 10.0 Å². The summed E-state index contributed by atoms with van der Waals surface area (Å²) >= 11 is 0. The summed E-state index contributed by atoms with van der Waals surface area (Å²) in [5.41, 5.74) is 4.04. The molecule has 0 bridgehead atoms. The first-order valence-electron chi connectivity index (χ1n) is 10.5. The average Bonchev–Trinajstić information content (AvgIpc) is 2.78. The summed E-state index contributed by atoms with van der Waals surface area (Å²) in [7, 11) is 0.338. The van der Waals surface area contributed by atoms with Gasteiger partial charge in [0.05, 0.1) is 4.90 Å². The number of anilines is 1. The molecule has 6 nitrogen and oxygen atoms in total. The van der Waals surface area contributed by atoms with Crippen LogP contribution in [-0.4, -0.2) is 63.8 Å². The van der Waals surface area contributed by atoms with Crippen molar-refractivity contribution < 1.29 is 13.2 Å². The molecule has 2 aromatic carbocycles. The quantitative estimate of drug-likeness (QED) is 0.753. The molecule has 0 radical (unpaired) electrons. The fraction of sp³-hybridized carbons (Fsp3) is 0.435. The molecule has 0 atom stereocenters. The molecule has 160 valence electrons. The average molecular weight is 428 g/mol. The largest absolute Gasteiger partial charge is 0.378 e. The highest BCUT2D eigenvalue weighted by atomic mass is 32.2. The molecule has 30 heavy (non-hydrogen) atoms. The summed E-state index contributed by atoms with van der Waals surface area (Å²) < 4.78 is 27.8. The SMILES string of the molecule is CN(C)c1cccc(C(=O)N2CCN(S(=O)(=O)c3ccc4c(c3)CCCC4)CC2)c1. The van der Waals surface area contributed by atoms with Crippen LogP contribution in [0, 0.1) is 0 Å². The highest BCUT2D eigenvalue weighted by Gasteiger charge is 2.31. The fourth-order valence-corrected chi connectivity index (χ4v) is 5.72. The molecule has 0 aromatic heterocycles. The third-order valence-corrected chi connectivity index (χ3v) is 7.99. The van der Waals surface area contributed by atoms with Crippen LogP contribution in [-0.2, 0) is 22.9 Å². The minimum atomic E-state index is -3.54. The Hall–Kier alpha value is -2.38. The lowest BCUT2D eigenvalue weighted by Gasteiger charge is -2.34. The van der Waals surface area contributed by atoms with E-state index in [-0.39, 0.29) is 5.91 Å². The number of aryl methyl sites for hydroxylation is 2. The first-order valence-corrected chi connectivity index (χ1v) is 12.0. The first kappa shape index (κ1) is 20.9. The minimum absolute atomic E-state index is 0.0514. The Labute approximate surface area is 179 Å². The van der Waals surface area contributed by atoms with E-state index >= 15 is 0 Å². The van der Waals surface area contributed by atoms with Crippen molar-refractivity contribution in [1.82, 2.24) is 9.21 Å². The number of rotatable bonds is 4. The second-order valence-corrected chi connectivity index (χ2v) is 10.2. The van der Waals surface area contributed by atoms with Gasteiger partial charge in [0.25, 0.3) is 5.91 Å². The maximum Gasteiger partial charge on any atom is 0.254 e. The smallest absolute Gasteiger partial charge is 0.254 e. The second kappa shape index (κ2) is 8.40. The van der Waals surface area contributed by atoms with E-state index in [1.807, 2.05) is 55.4 Å². The van der Waals surface area contributed by atoms with Crippen LogP contribution in [0.25, 0.3) is 0 Å². The van der Waals surface area contributed by atoms with Crippen LogP contribution in [0.4, 0.5) is 5.69 Å². The van der Waals surface area contributed by atoms with E-state index in [4.69, 9.17) is 0 Å². The Balaban J connectivity index is 1.45. The number of piperazine rings is 1. The number of hydrogen-bond donors (Lipinski definition) is 0. The zero-order valence-corrected chi connectivity index (χ0v) is 18.5. The molecule has 7 heteroatoms. The van der Waals surface area contributed by atoms with Crippen LogP contribution >= 0.6 is 0 Å². The number of benzene rings is 2. The van der Waals surface area contributed by atoms with E-state index < -0.39 is 10.0 Å². The van der Waals surface area contributed by atoms with Gasteiger partial charge in [-0.2, -0.15) is 4.31 Å². The van der Waals surface area contributed by atoms with Crippen LogP contribution in [0.5, 0.6) is 0 Å². The summed E-state index contributed by atoms with van der Waals surface area (Å²) in [5.74, 6) is -0.0514. The highest BCUT2D eigenvalue weighted by molar-refractivity contribution is 7.89. The van der Waals surface area contributed by atoms with Gasteiger partial charge < -0.3 is 9.80 Å². The fourth-order valence-electron chi connectivity index (χ4n) is 4.25. The van der Waals surface area contributed by atoms with Crippen molar-refractivity contribution in [3.05, 3.63) is 59.2 Å². The van der Waals surface area contributed by atoms with Gasteiger partial charge >= 0.3 is 0 Å². The van der Waals surface area contributed by atoms with Crippen molar-refractivity contribution in [3.8, 4) is 0 Å². The Morgan fingerprint density at radius 3 is 2.30 bits per heavy atom. The highest BCUT2D eigenvalue weighted by Crippen LogP contribution is 2.26. The lowest BCUT2D eigenvalue weighted by molar-refractivity contribution is 0.0698. The molecule has 1 aliphatic carbocycles. The van der Waals surface area contributed by atoms with E-state index in [2.05, 4.69) is 0 Å². The molecule has 4 rings (SSSR count). The number of carbonyl (C=O) groups excluding carboxylic acids is 1. The van der Waals surface area contributed by atoms with Crippen molar-refractivity contribution in [1.29, 1.82) is 0 Å². The van der Waals surface area contributed by atoms with Crippen LogP contribution in [0.15, 0.2) is 47.4 Å². The zero-order valence-electron chi connectivity index (χ0n) is 17.7. The van der Waals surface area contributed by atoms with Crippen molar-refractivity contribution in [2.24, 2.45) is 0 Å². The van der Waals surface area contributed by atoms with Gasteiger partial charge in [0.15, 0.2) is 0 Å². The van der Waals surface area contributed by atoms with Gasteiger partial charge in [-0.15, -0.1) is 0 Å². The number of hydrogen-bond acceptors (Lipinski definition) is 4. The molecule has 1 saturated heterocycles. The molecule has 1 aliphatic heterocycles. The normalized spacial score (nSPS) is 17.5. The molecule has 0 spiro atoms. The molecular formula is C23H29N3O3S. The van der Waals surface area contributed by atoms with E-state index in [0.717, 1.165) is 30.5 Å². The predicted molar refractivity (Wildman–Crippen MR) is 119 cm³/mol. The minimum Gasteiger partial charge on any atom is -0.378 e. The molecule has 1 heterocycles. The molecule has 1 amide bonds. The van der Waals surface area contributed by atoms with Gasteiger partial charge in [-0.25, -0.2) is 8.42 Å². The molecule has 1 fully saturated rings.